The number of nitrogens with zero attached hydrogens (tertiary/aromatic N) is 1. The molecular formula is C20H18F2N2O8. The average molecular weight is 452 g/mol. The van der Waals surface area contributed by atoms with E-state index in [0.717, 1.165) is 12.1 Å². The van der Waals surface area contributed by atoms with Gasteiger partial charge in [0.15, 0.2) is 18.1 Å². The van der Waals surface area contributed by atoms with Crippen LogP contribution in [0.3, 0.4) is 0 Å². The number of methoxy groups -OCH3 is 2. The van der Waals surface area contributed by atoms with E-state index in [1.165, 1.54) is 50.6 Å². The smallest absolute Gasteiger partial charge is 0.387 e. The van der Waals surface area contributed by atoms with Gasteiger partial charge in [-0.3, -0.25) is 14.9 Å². The minimum Gasteiger partial charge on any atom is -0.494 e. The normalized spacial score (nSPS) is 10.7. The Bertz CT molecular complexity index is 1030. The van der Waals surface area contributed by atoms with Gasteiger partial charge in [0, 0.05) is 12.1 Å². The predicted molar refractivity (Wildman–Crippen MR) is 108 cm³/mol. The first-order chi connectivity index (χ1) is 15.2. The van der Waals surface area contributed by atoms with E-state index in [2.05, 4.69) is 10.1 Å². The highest BCUT2D eigenvalue weighted by atomic mass is 19.3. The summed E-state index contributed by atoms with van der Waals surface area (Å²) in [6.07, 6.45) is 2.36. The van der Waals surface area contributed by atoms with Crippen molar-refractivity contribution in [3.8, 4) is 17.2 Å². The van der Waals surface area contributed by atoms with Gasteiger partial charge < -0.3 is 24.3 Å². The Hall–Kier alpha value is -4.22. The van der Waals surface area contributed by atoms with Crippen LogP contribution in [0.15, 0.2) is 42.5 Å². The van der Waals surface area contributed by atoms with Gasteiger partial charge in [-0.25, -0.2) is 4.79 Å². The molecule has 0 saturated carbocycles. The lowest BCUT2D eigenvalue weighted by Gasteiger charge is -2.10. The Morgan fingerprint density at radius 1 is 1.09 bits per heavy atom. The van der Waals surface area contributed by atoms with Crippen molar-refractivity contribution in [2.45, 2.75) is 6.61 Å². The quantitative estimate of drug-likeness (QED) is 0.252. The highest BCUT2D eigenvalue weighted by Gasteiger charge is 2.14. The van der Waals surface area contributed by atoms with Crippen LogP contribution in [-0.2, 0) is 14.3 Å². The van der Waals surface area contributed by atoms with Gasteiger partial charge in [-0.05, 0) is 29.8 Å². The number of rotatable bonds is 10. The molecule has 0 bridgehead atoms. The van der Waals surface area contributed by atoms with Gasteiger partial charge in [0.2, 0.25) is 0 Å². The Morgan fingerprint density at radius 2 is 1.81 bits per heavy atom. The lowest BCUT2D eigenvalue weighted by Crippen LogP contribution is -2.20. The first-order valence-electron chi connectivity index (χ1n) is 8.83. The van der Waals surface area contributed by atoms with E-state index >= 15 is 0 Å². The molecule has 12 heteroatoms. The van der Waals surface area contributed by atoms with E-state index in [1.807, 2.05) is 0 Å². The summed E-state index contributed by atoms with van der Waals surface area (Å²) in [5.74, 6) is -1.61. The van der Waals surface area contributed by atoms with E-state index in [4.69, 9.17) is 14.2 Å². The minimum absolute atomic E-state index is 0.0391. The van der Waals surface area contributed by atoms with Crippen LogP contribution < -0.4 is 19.5 Å². The van der Waals surface area contributed by atoms with Crippen molar-refractivity contribution >= 4 is 29.3 Å². The Labute approximate surface area is 180 Å². The number of nitro benzene ring substituents is 1. The summed E-state index contributed by atoms with van der Waals surface area (Å²) < 4.78 is 43.8. The third-order valence-electron chi connectivity index (χ3n) is 3.83. The molecule has 0 atom stereocenters. The number of nitrogens with one attached hydrogen (secondary N) is 1. The number of nitro groups is 1. The minimum atomic E-state index is -3.02. The van der Waals surface area contributed by atoms with Gasteiger partial charge in [-0.1, -0.05) is 6.07 Å². The van der Waals surface area contributed by atoms with Crippen molar-refractivity contribution in [1.82, 2.24) is 0 Å². The molecule has 0 spiro atoms. The second kappa shape index (κ2) is 11.2. The summed E-state index contributed by atoms with van der Waals surface area (Å²) in [6.45, 7) is -3.65. The zero-order valence-corrected chi connectivity index (χ0v) is 16.9. The lowest BCUT2D eigenvalue weighted by atomic mass is 10.2. The van der Waals surface area contributed by atoms with Crippen LogP contribution >= 0.6 is 0 Å². The predicted octanol–water partition coefficient (Wildman–Crippen LogP) is 3.41. The van der Waals surface area contributed by atoms with Crippen molar-refractivity contribution < 1.29 is 42.2 Å². The maximum atomic E-state index is 12.4. The molecule has 0 aromatic heterocycles. The van der Waals surface area contributed by atoms with Crippen molar-refractivity contribution in [1.29, 1.82) is 0 Å². The number of hydrogen-bond donors (Lipinski definition) is 1. The number of halogens is 2. The fourth-order valence-corrected chi connectivity index (χ4v) is 2.41. The molecule has 10 nitrogen and oxygen atoms in total. The van der Waals surface area contributed by atoms with Gasteiger partial charge in [-0.2, -0.15) is 8.78 Å². The molecule has 0 aliphatic carbocycles. The van der Waals surface area contributed by atoms with Crippen molar-refractivity contribution in [2.75, 3.05) is 26.1 Å². The average Bonchev–Trinajstić information content (AvgIpc) is 2.76. The highest BCUT2D eigenvalue weighted by Crippen LogP contribution is 2.30. The number of carbonyl (C=O) groups is 2. The Kier molecular flexibility index (Phi) is 8.45. The molecule has 1 amide bonds. The van der Waals surface area contributed by atoms with Crippen molar-refractivity contribution in [2.24, 2.45) is 0 Å². The largest absolute Gasteiger partial charge is 0.494 e. The highest BCUT2D eigenvalue weighted by molar-refractivity contribution is 5.95. The number of hydrogen-bond acceptors (Lipinski definition) is 8. The second-order valence-electron chi connectivity index (χ2n) is 5.92. The van der Waals surface area contributed by atoms with Crippen LogP contribution in [0.25, 0.3) is 6.08 Å². The number of anilines is 1. The van der Waals surface area contributed by atoms with Crippen molar-refractivity contribution in [3.05, 3.63) is 58.2 Å². The second-order valence-corrected chi connectivity index (χ2v) is 5.92. The van der Waals surface area contributed by atoms with E-state index in [-0.39, 0.29) is 28.6 Å². The molecule has 2 rings (SSSR count). The van der Waals surface area contributed by atoms with Crippen LogP contribution in [0, 0.1) is 10.1 Å². The van der Waals surface area contributed by atoms with Crippen LogP contribution in [0.5, 0.6) is 17.2 Å². The molecule has 0 fully saturated rings. The Balaban J connectivity index is 1.93. The topological polar surface area (TPSA) is 126 Å². The summed E-state index contributed by atoms with van der Waals surface area (Å²) in [5, 5.41) is 13.2. The maximum absolute atomic E-state index is 12.4. The van der Waals surface area contributed by atoms with Crippen LogP contribution in [0.4, 0.5) is 20.2 Å². The van der Waals surface area contributed by atoms with Gasteiger partial charge in [0.25, 0.3) is 11.6 Å². The number of benzene rings is 2. The molecule has 0 heterocycles. The number of carbonyl (C=O) groups excluding carboxylic acids is 2. The molecule has 32 heavy (non-hydrogen) atoms. The molecule has 2 aromatic carbocycles. The third kappa shape index (κ3) is 6.93. The fraction of sp³-hybridized carbons (Fsp3) is 0.200. The van der Waals surface area contributed by atoms with Crippen molar-refractivity contribution in [3.63, 3.8) is 0 Å². The van der Waals surface area contributed by atoms with Gasteiger partial charge in [0.1, 0.15) is 5.75 Å². The maximum Gasteiger partial charge on any atom is 0.387 e. The molecule has 0 aliphatic heterocycles. The number of ether oxygens (including phenoxy) is 4. The molecule has 0 unspecified atom stereocenters. The zero-order chi connectivity index (χ0) is 23.7. The van der Waals surface area contributed by atoms with E-state index in [9.17, 15) is 28.5 Å². The molecule has 1 N–H and O–H groups in total. The SMILES string of the molecule is COc1cc([N+](=O)[O-])ccc1NC(=O)COC(=O)/C=C/c1ccc(OC(F)F)c(OC)c1. The molecule has 0 saturated heterocycles. The third-order valence-corrected chi connectivity index (χ3v) is 3.83. The molecule has 0 radical (unpaired) electrons. The summed E-state index contributed by atoms with van der Waals surface area (Å²) in [7, 11) is 2.55. The number of esters is 1. The first-order valence-corrected chi connectivity index (χ1v) is 8.83. The van der Waals surface area contributed by atoms with Gasteiger partial charge in [0.05, 0.1) is 30.9 Å². The monoisotopic (exact) mass is 452 g/mol. The molecule has 170 valence electrons. The number of amides is 1. The summed E-state index contributed by atoms with van der Waals surface area (Å²) in [5.41, 5.74) is 0.371. The summed E-state index contributed by atoms with van der Waals surface area (Å²) in [4.78, 5) is 34.0. The summed E-state index contributed by atoms with van der Waals surface area (Å²) >= 11 is 0. The van der Waals surface area contributed by atoms with Crippen LogP contribution in [0.2, 0.25) is 0 Å². The van der Waals surface area contributed by atoms with Crippen LogP contribution in [-0.4, -0.2) is 44.2 Å². The van der Waals surface area contributed by atoms with E-state index < -0.39 is 30.0 Å². The number of non-ortho nitro benzene ring substituents is 1. The lowest BCUT2D eigenvalue weighted by molar-refractivity contribution is -0.384. The number of alkyl halides is 2. The molecule has 0 aliphatic rings. The molecular weight excluding hydrogens is 434 g/mol. The van der Waals surface area contributed by atoms with E-state index in [1.54, 1.807) is 0 Å². The standard InChI is InChI=1S/C20H18F2N2O8/c1-29-16-10-13(24(27)28)5-6-14(16)23-18(25)11-31-19(26)8-4-12-3-7-15(32-20(21)22)17(9-12)30-2/h3-10,20H,11H2,1-2H3,(H,23,25)/b8-4+. The van der Waals surface area contributed by atoms with Gasteiger partial charge in [-0.15, -0.1) is 0 Å². The Morgan fingerprint density at radius 3 is 2.44 bits per heavy atom. The van der Waals surface area contributed by atoms with Gasteiger partial charge >= 0.3 is 12.6 Å². The molecule has 2 aromatic rings. The zero-order valence-electron chi connectivity index (χ0n) is 16.9. The summed E-state index contributed by atoms with van der Waals surface area (Å²) in [6, 6.07) is 7.63. The fourth-order valence-electron chi connectivity index (χ4n) is 2.41. The van der Waals surface area contributed by atoms with E-state index in [0.29, 0.717) is 5.56 Å². The first kappa shape index (κ1) is 24.1. The van der Waals surface area contributed by atoms with Crippen LogP contribution in [0.1, 0.15) is 5.56 Å².